The van der Waals surface area contributed by atoms with Gasteiger partial charge in [-0.15, -0.1) is 10.2 Å². The van der Waals surface area contributed by atoms with Gasteiger partial charge in [-0.25, -0.2) is 0 Å². The summed E-state index contributed by atoms with van der Waals surface area (Å²) in [6, 6.07) is 18.3. The Balaban J connectivity index is 1.50. The van der Waals surface area contributed by atoms with Gasteiger partial charge in [0.1, 0.15) is 0 Å². The number of hydrogen-bond donors (Lipinski definition) is 3. The van der Waals surface area contributed by atoms with E-state index >= 15 is 0 Å². The summed E-state index contributed by atoms with van der Waals surface area (Å²) < 4.78 is 17.2. The average Bonchev–Trinajstić information content (AvgIpc) is 3.34. The third kappa shape index (κ3) is 7.08. The van der Waals surface area contributed by atoms with Gasteiger partial charge in [0.05, 0.1) is 11.7 Å². The van der Waals surface area contributed by atoms with Gasteiger partial charge in [0.15, 0.2) is 0 Å². The molecule has 8 nitrogen and oxygen atoms in total. The second-order valence-corrected chi connectivity index (χ2v) is 10.8. The van der Waals surface area contributed by atoms with E-state index in [-0.39, 0.29) is 6.16 Å². The fourth-order valence-corrected chi connectivity index (χ4v) is 4.98. The van der Waals surface area contributed by atoms with Crippen LogP contribution >= 0.6 is 7.60 Å². The van der Waals surface area contributed by atoms with E-state index in [0.29, 0.717) is 43.6 Å². The van der Waals surface area contributed by atoms with Gasteiger partial charge < -0.3 is 19.5 Å². The van der Waals surface area contributed by atoms with Crippen molar-refractivity contribution in [2.24, 2.45) is 0 Å². The van der Waals surface area contributed by atoms with E-state index in [1.807, 2.05) is 30.3 Å². The first-order chi connectivity index (χ1) is 17.4. The molecule has 0 aliphatic carbocycles. The minimum Gasteiger partial charge on any atom is -0.421 e. The van der Waals surface area contributed by atoms with Crippen LogP contribution in [0.5, 0.6) is 0 Å². The molecule has 0 aliphatic heterocycles. The smallest absolute Gasteiger partial charge is 0.325 e. The van der Waals surface area contributed by atoms with Crippen LogP contribution in [0.3, 0.4) is 0 Å². The van der Waals surface area contributed by atoms with E-state index in [0.717, 1.165) is 41.3 Å². The molecule has 4 aromatic rings. The Morgan fingerprint density at radius 2 is 1.86 bits per heavy atom. The van der Waals surface area contributed by atoms with Crippen molar-refractivity contribution in [2.45, 2.75) is 51.5 Å². The lowest BCUT2D eigenvalue weighted by molar-refractivity contribution is 0.371. The predicted molar refractivity (Wildman–Crippen MR) is 141 cm³/mol. The molecule has 1 unspecified atom stereocenters. The Hall–Kier alpha value is -2.90. The maximum absolute atomic E-state index is 11.0. The molecule has 4 rings (SSSR count). The zero-order valence-electron chi connectivity index (χ0n) is 20.5. The van der Waals surface area contributed by atoms with E-state index in [1.54, 1.807) is 6.20 Å². The molecule has 0 aliphatic rings. The number of fused-ring (bicyclic) bond motifs is 1. The maximum Gasteiger partial charge on any atom is 0.325 e. The van der Waals surface area contributed by atoms with E-state index in [2.05, 4.69) is 51.7 Å². The van der Waals surface area contributed by atoms with Crippen LogP contribution in [0.25, 0.3) is 22.4 Å². The fourth-order valence-electron chi connectivity index (χ4n) is 4.41. The first-order valence-corrected chi connectivity index (χ1v) is 14.2. The summed E-state index contributed by atoms with van der Waals surface area (Å²) in [5.74, 6) is 1.44. The highest BCUT2D eigenvalue weighted by Crippen LogP contribution is 2.34. The summed E-state index contributed by atoms with van der Waals surface area (Å²) in [5, 5.41) is 12.9. The van der Waals surface area contributed by atoms with Crippen molar-refractivity contribution in [3.8, 4) is 11.5 Å². The van der Waals surface area contributed by atoms with Crippen LogP contribution in [0.1, 0.15) is 55.5 Å². The summed E-state index contributed by atoms with van der Waals surface area (Å²) in [7, 11) is -3.96. The van der Waals surface area contributed by atoms with Crippen LogP contribution in [-0.4, -0.2) is 37.7 Å². The lowest BCUT2D eigenvalue weighted by atomic mass is 9.91. The second-order valence-electron chi connectivity index (χ2n) is 9.05. The molecule has 0 fully saturated rings. The van der Waals surface area contributed by atoms with Crippen molar-refractivity contribution in [1.82, 2.24) is 20.5 Å². The minimum absolute atomic E-state index is 0.124. The molecule has 0 radical (unpaired) electrons. The molecule has 2 heterocycles. The largest absolute Gasteiger partial charge is 0.421 e. The van der Waals surface area contributed by atoms with Crippen molar-refractivity contribution in [2.75, 3.05) is 12.7 Å². The molecule has 0 bridgehead atoms. The predicted octanol–water partition coefficient (Wildman–Crippen LogP) is 5.46. The van der Waals surface area contributed by atoms with Crippen LogP contribution < -0.4 is 5.32 Å². The molecule has 3 N–H and O–H groups in total. The lowest BCUT2D eigenvalue weighted by Crippen LogP contribution is -2.16. The van der Waals surface area contributed by atoms with Gasteiger partial charge in [-0.1, -0.05) is 62.2 Å². The molecule has 0 spiro atoms. The zero-order chi connectivity index (χ0) is 25.4. The molecule has 36 heavy (non-hydrogen) atoms. The van der Waals surface area contributed by atoms with E-state index in [1.165, 1.54) is 5.56 Å². The Morgan fingerprint density at radius 1 is 1.03 bits per heavy atom. The lowest BCUT2D eigenvalue weighted by Gasteiger charge is -2.15. The molecule has 0 saturated heterocycles. The highest BCUT2D eigenvalue weighted by Gasteiger charge is 2.19. The molecule has 2 aromatic carbocycles. The Labute approximate surface area is 211 Å². The quantitative estimate of drug-likeness (QED) is 0.161. The maximum atomic E-state index is 11.0. The molecule has 1 atom stereocenters. The third-order valence-electron chi connectivity index (χ3n) is 6.27. The molecule has 9 heteroatoms. The van der Waals surface area contributed by atoms with Crippen molar-refractivity contribution >= 4 is 18.5 Å². The number of pyridine rings is 1. The van der Waals surface area contributed by atoms with Crippen LogP contribution in [0, 0.1) is 0 Å². The molecular formula is C27H33N4O4P. The van der Waals surface area contributed by atoms with Crippen molar-refractivity contribution in [1.29, 1.82) is 0 Å². The number of hydrogen-bond acceptors (Lipinski definition) is 6. The van der Waals surface area contributed by atoms with Gasteiger partial charge in [0, 0.05) is 30.1 Å². The van der Waals surface area contributed by atoms with Gasteiger partial charge in [0.25, 0.3) is 0 Å². The number of aromatic nitrogens is 3. The summed E-state index contributed by atoms with van der Waals surface area (Å²) in [6.07, 6.45) is 6.08. The number of nitrogens with one attached hydrogen (secondary N) is 1. The number of unbranched alkanes of at least 4 members (excludes halogenated alkanes) is 1. The normalized spacial score (nSPS) is 12.8. The van der Waals surface area contributed by atoms with Crippen molar-refractivity contribution in [3.05, 3.63) is 77.8 Å². The standard InChI is InChI=1S/C27H33N4O4P/c1-2-3-9-21(20-10-5-4-6-11-20)18-25-30-31-27(35-25)24-14-13-22(26-23(24)12-7-16-29-26)19-28-15-8-17-36(32,33)34/h4-7,10-14,16,21,28H,2-3,8-9,15,17-19H2,1H3,(H2,32,33,34). The van der Waals surface area contributed by atoms with Gasteiger partial charge in [0.2, 0.25) is 11.8 Å². The zero-order valence-corrected chi connectivity index (χ0v) is 21.4. The van der Waals surface area contributed by atoms with Gasteiger partial charge in [-0.05, 0) is 48.6 Å². The molecular weight excluding hydrogens is 475 g/mol. The van der Waals surface area contributed by atoms with Gasteiger partial charge >= 0.3 is 7.60 Å². The van der Waals surface area contributed by atoms with E-state index in [4.69, 9.17) is 14.2 Å². The second kappa shape index (κ2) is 12.4. The van der Waals surface area contributed by atoms with Gasteiger partial charge in [-0.3, -0.25) is 9.55 Å². The number of benzene rings is 2. The topological polar surface area (TPSA) is 121 Å². The van der Waals surface area contributed by atoms with Crippen molar-refractivity contribution < 1.29 is 18.8 Å². The Bertz CT molecular complexity index is 1310. The van der Waals surface area contributed by atoms with E-state index < -0.39 is 7.60 Å². The summed E-state index contributed by atoms with van der Waals surface area (Å²) in [4.78, 5) is 22.6. The highest BCUT2D eigenvalue weighted by atomic mass is 31.2. The number of rotatable bonds is 13. The molecule has 0 amide bonds. The fraction of sp³-hybridized carbons (Fsp3) is 0.370. The summed E-state index contributed by atoms with van der Waals surface area (Å²) >= 11 is 0. The monoisotopic (exact) mass is 508 g/mol. The van der Waals surface area contributed by atoms with Crippen molar-refractivity contribution in [3.63, 3.8) is 0 Å². The molecule has 2 aromatic heterocycles. The minimum atomic E-state index is -3.96. The summed E-state index contributed by atoms with van der Waals surface area (Å²) in [6.45, 7) is 3.25. The SMILES string of the molecule is CCCCC(Cc1nnc(-c2ccc(CNCCCP(=O)(O)O)c3ncccc23)o1)c1ccccc1. The average molecular weight is 509 g/mol. The molecule has 190 valence electrons. The van der Waals surface area contributed by atoms with Crippen LogP contribution in [0.15, 0.2) is 65.2 Å². The Kier molecular flexibility index (Phi) is 8.99. The third-order valence-corrected chi connectivity index (χ3v) is 7.17. The molecule has 0 saturated carbocycles. The van der Waals surface area contributed by atoms with Crippen LogP contribution in [-0.2, 0) is 17.5 Å². The Morgan fingerprint density at radius 3 is 2.64 bits per heavy atom. The van der Waals surface area contributed by atoms with Crippen LogP contribution in [0.4, 0.5) is 0 Å². The van der Waals surface area contributed by atoms with E-state index in [9.17, 15) is 4.57 Å². The first kappa shape index (κ1) is 26.2. The summed E-state index contributed by atoms with van der Waals surface area (Å²) in [5.41, 5.74) is 3.96. The first-order valence-electron chi connectivity index (χ1n) is 12.4. The number of nitrogens with zero attached hydrogens (tertiary/aromatic N) is 3. The van der Waals surface area contributed by atoms with Crippen LogP contribution in [0.2, 0.25) is 0 Å². The van der Waals surface area contributed by atoms with Gasteiger partial charge in [-0.2, -0.15) is 0 Å². The highest BCUT2D eigenvalue weighted by molar-refractivity contribution is 7.51.